The smallest absolute Gasteiger partial charge is 0.224 e. The van der Waals surface area contributed by atoms with Crippen molar-refractivity contribution in [1.82, 2.24) is 5.32 Å². The number of carbonyl (C=O) groups excluding carboxylic acids is 1. The Balaban J connectivity index is 1.45. The van der Waals surface area contributed by atoms with Crippen LogP contribution in [0.2, 0.25) is 0 Å². The Morgan fingerprint density at radius 1 is 0.416 bits per heavy atom. The Labute approximate surface area is 533 Å². The van der Waals surface area contributed by atoms with E-state index in [1.165, 1.54) is 141 Å². The van der Waals surface area contributed by atoms with Crippen LogP contribution in [0, 0.1) is 0 Å². The Kier molecular flexibility index (Phi) is 46.3. The Hall–Kier alpha value is -3.03. The van der Waals surface area contributed by atoms with Crippen molar-refractivity contribution in [3.8, 4) is 0 Å². The van der Waals surface area contributed by atoms with E-state index in [0.29, 0.717) is 12.8 Å². The zero-order valence-corrected chi connectivity index (χ0v) is 54.1. The molecule has 12 N–H and O–H groups in total. The van der Waals surface area contributed by atoms with Gasteiger partial charge in [0.25, 0.3) is 0 Å². The van der Waals surface area contributed by atoms with E-state index in [1.807, 2.05) is 24.3 Å². The van der Waals surface area contributed by atoms with Crippen LogP contribution >= 0.6 is 0 Å². The second kappa shape index (κ2) is 51.4. The molecule has 3 heterocycles. The second-order valence-electron chi connectivity index (χ2n) is 24.3. The Morgan fingerprint density at radius 2 is 0.787 bits per heavy atom. The molecule has 0 aromatic heterocycles. The molecule has 0 radical (unpaired) electrons. The fourth-order valence-corrected chi connectivity index (χ4v) is 11.2. The number of unbranched alkanes of at least 4 members (excludes halogenated alkanes) is 24. The summed E-state index contributed by atoms with van der Waals surface area (Å²) in [6.45, 7) is 1.52. The number of ether oxygens (including phenoxy) is 6. The van der Waals surface area contributed by atoms with E-state index < -0.39 is 137 Å². The van der Waals surface area contributed by atoms with Gasteiger partial charge in [-0.3, -0.25) is 4.79 Å². The predicted octanol–water partition coefficient (Wildman–Crippen LogP) is 8.71. The van der Waals surface area contributed by atoms with Gasteiger partial charge in [0.05, 0.1) is 38.6 Å². The maximum atomic E-state index is 13.3. The monoisotopic (exact) mass is 1260 g/mol. The summed E-state index contributed by atoms with van der Waals surface area (Å²) >= 11 is 0. The summed E-state index contributed by atoms with van der Waals surface area (Å²) in [6.07, 6.45) is 39.0. The van der Waals surface area contributed by atoms with Crippen LogP contribution in [0.4, 0.5) is 0 Å². The fourth-order valence-electron chi connectivity index (χ4n) is 11.2. The highest BCUT2D eigenvalue weighted by molar-refractivity contribution is 5.77. The molecule has 1 amide bonds. The number of aliphatic hydroxyl groups excluding tert-OH is 11. The lowest BCUT2D eigenvalue weighted by Gasteiger charge is -2.48. The van der Waals surface area contributed by atoms with E-state index in [-0.39, 0.29) is 6.42 Å². The van der Waals surface area contributed by atoms with E-state index >= 15 is 0 Å². The molecule has 19 nitrogen and oxygen atoms in total. The molecule has 3 fully saturated rings. The van der Waals surface area contributed by atoms with Crippen molar-refractivity contribution in [2.24, 2.45) is 0 Å². The first-order chi connectivity index (χ1) is 43.3. The summed E-state index contributed by atoms with van der Waals surface area (Å²) < 4.78 is 34.2. The van der Waals surface area contributed by atoms with Gasteiger partial charge < -0.3 is 89.9 Å². The number of aliphatic hydroxyl groups is 11. The van der Waals surface area contributed by atoms with Gasteiger partial charge in [0, 0.05) is 6.42 Å². The van der Waals surface area contributed by atoms with Crippen LogP contribution in [0.3, 0.4) is 0 Å². The minimum absolute atomic E-state index is 0.000711. The van der Waals surface area contributed by atoms with Crippen LogP contribution in [0.15, 0.2) is 85.1 Å². The summed E-state index contributed by atoms with van der Waals surface area (Å²) in [7, 11) is 0. The van der Waals surface area contributed by atoms with Gasteiger partial charge in [-0.15, -0.1) is 0 Å². The number of carbonyl (C=O) groups is 1. The van der Waals surface area contributed by atoms with Gasteiger partial charge in [0.2, 0.25) is 5.91 Å². The van der Waals surface area contributed by atoms with E-state index in [1.54, 1.807) is 12.2 Å². The third kappa shape index (κ3) is 33.6. The van der Waals surface area contributed by atoms with Gasteiger partial charge >= 0.3 is 0 Å². The van der Waals surface area contributed by atoms with Gasteiger partial charge in [-0.2, -0.15) is 0 Å². The molecule has 19 heteroatoms. The second-order valence-corrected chi connectivity index (χ2v) is 24.3. The van der Waals surface area contributed by atoms with Gasteiger partial charge in [-0.1, -0.05) is 240 Å². The maximum absolute atomic E-state index is 13.3. The van der Waals surface area contributed by atoms with Gasteiger partial charge in [-0.05, 0) is 57.8 Å². The van der Waals surface area contributed by atoms with Crippen LogP contribution in [-0.2, 0) is 33.2 Å². The average molecular weight is 1260 g/mol. The topological polar surface area (TPSA) is 307 Å². The quantitative estimate of drug-likeness (QED) is 0.0200. The highest BCUT2D eigenvalue weighted by atomic mass is 16.8. The number of nitrogens with one attached hydrogen (secondary N) is 1. The fraction of sp³-hybridized carbons (Fsp3) is 0.786. The Bertz CT molecular complexity index is 1940. The van der Waals surface area contributed by atoms with Crippen molar-refractivity contribution in [3.63, 3.8) is 0 Å². The first kappa shape index (κ1) is 80.2. The molecule has 0 spiro atoms. The lowest BCUT2D eigenvalue weighted by atomic mass is 9.96. The van der Waals surface area contributed by atoms with Gasteiger partial charge in [0.15, 0.2) is 18.9 Å². The molecule has 17 atom stereocenters. The molecule has 0 bridgehead atoms. The van der Waals surface area contributed by atoms with Crippen LogP contribution in [-0.4, -0.2) is 193 Å². The number of amides is 1. The lowest BCUT2D eigenvalue weighted by molar-refractivity contribution is -0.379. The van der Waals surface area contributed by atoms with Crippen molar-refractivity contribution in [2.75, 3.05) is 26.4 Å². The van der Waals surface area contributed by atoms with Crippen LogP contribution < -0.4 is 5.32 Å². The normalized spacial score (nSPS) is 28.8. The van der Waals surface area contributed by atoms with E-state index in [9.17, 15) is 61.0 Å². The average Bonchev–Trinajstić information content (AvgIpc) is 1.97. The molecule has 3 saturated heterocycles. The predicted molar refractivity (Wildman–Crippen MR) is 346 cm³/mol. The largest absolute Gasteiger partial charge is 0.394 e. The van der Waals surface area contributed by atoms with E-state index in [2.05, 4.69) is 67.8 Å². The highest BCUT2D eigenvalue weighted by Crippen LogP contribution is 2.33. The molecule has 3 aliphatic rings. The summed E-state index contributed by atoms with van der Waals surface area (Å²) in [5.41, 5.74) is 0. The van der Waals surface area contributed by atoms with Crippen LogP contribution in [0.25, 0.3) is 0 Å². The number of hydrogen-bond donors (Lipinski definition) is 12. The first-order valence-corrected chi connectivity index (χ1v) is 34.3. The molecular formula is C70H121NO18. The minimum Gasteiger partial charge on any atom is -0.394 e. The minimum atomic E-state index is -1.99. The number of allylic oxidation sites excluding steroid dienone is 12. The molecule has 89 heavy (non-hydrogen) atoms. The van der Waals surface area contributed by atoms with Crippen molar-refractivity contribution in [3.05, 3.63) is 85.1 Å². The Morgan fingerprint density at radius 3 is 1.24 bits per heavy atom. The van der Waals surface area contributed by atoms with Gasteiger partial charge in [0.1, 0.15) is 73.2 Å². The molecule has 0 aromatic carbocycles. The van der Waals surface area contributed by atoms with Crippen molar-refractivity contribution < 1.29 is 89.4 Å². The molecule has 0 saturated carbocycles. The molecule has 3 rings (SSSR count). The zero-order chi connectivity index (χ0) is 64.7. The van der Waals surface area contributed by atoms with Crippen LogP contribution in [0.5, 0.6) is 0 Å². The first-order valence-electron chi connectivity index (χ1n) is 34.3. The molecule has 0 aromatic rings. The lowest BCUT2D eigenvalue weighted by Crippen LogP contribution is -2.66. The molecule has 3 aliphatic heterocycles. The molecule has 17 unspecified atom stereocenters. The summed E-state index contributed by atoms with van der Waals surface area (Å²) in [4.78, 5) is 13.3. The van der Waals surface area contributed by atoms with E-state index in [0.717, 1.165) is 44.9 Å². The van der Waals surface area contributed by atoms with E-state index in [4.69, 9.17) is 28.4 Å². The van der Waals surface area contributed by atoms with Crippen molar-refractivity contribution >= 4 is 5.91 Å². The highest BCUT2D eigenvalue weighted by Gasteiger charge is 2.53. The third-order valence-electron chi connectivity index (χ3n) is 16.7. The maximum Gasteiger partial charge on any atom is 0.224 e. The molecule has 0 aliphatic carbocycles. The van der Waals surface area contributed by atoms with Crippen molar-refractivity contribution in [1.29, 1.82) is 0 Å². The summed E-state index contributed by atoms with van der Waals surface area (Å²) in [5.74, 6) is -0.414. The SMILES string of the molecule is CC/C=C\C/C=C\C/C=C\C/C=C\C/C=C\CC(=O)NC(COC1OC(CO)C(OC2OC(CO)C(OC3OC(CO)C(O)C(O)C3O)C(O)C2O)C(O)C1O)C(O)/C=C/CC/C=C/CCCCCCCCCCCCCCCCCCCCCCCCC. The van der Waals surface area contributed by atoms with Gasteiger partial charge in [-0.25, -0.2) is 0 Å². The number of rotatable bonds is 51. The standard InChI is InChI=1S/C70H121NO18/c1-3-5-7-9-11-13-15-17-19-20-21-22-23-24-25-26-27-28-29-30-31-32-34-35-37-39-41-43-45-47-54(75)53(71-58(76)48-46-44-42-40-38-36-33-18-16-14-12-10-8-6-4-2)52-84-68-64(82)61(79)66(56(50-73)86-68)89-70-65(83)62(80)67(57(51-74)87-70)88-69-63(81)60(78)59(77)55(49-72)85-69/h6,8,12,14,18,33,37-40,44-47,53-57,59-70,72-75,77-83H,3-5,7,9-11,13,15-17,19-32,34-36,41-43,48-52H2,1-2H3,(H,71,76)/b8-6-,14-12-,33-18-,39-37+,40-38-,46-44-,47-45+. The third-order valence-corrected chi connectivity index (χ3v) is 16.7. The van der Waals surface area contributed by atoms with Crippen molar-refractivity contribution in [2.45, 2.75) is 324 Å². The number of hydrogen-bond acceptors (Lipinski definition) is 18. The van der Waals surface area contributed by atoms with Crippen LogP contribution in [0.1, 0.15) is 219 Å². The molecular weight excluding hydrogens is 1140 g/mol. The summed E-state index contributed by atoms with van der Waals surface area (Å²) in [5, 5.41) is 120. The zero-order valence-electron chi connectivity index (χ0n) is 54.1. The summed E-state index contributed by atoms with van der Waals surface area (Å²) in [6, 6.07) is -1.05. The molecule has 514 valence electrons.